The molecule has 1 amide bonds. The maximum absolute atomic E-state index is 12.7. The molecule has 1 aliphatic rings. The van der Waals surface area contributed by atoms with Crippen molar-refractivity contribution >= 4 is 11.6 Å². The minimum absolute atomic E-state index is 0.00338. The van der Waals surface area contributed by atoms with Crippen LogP contribution in [0.1, 0.15) is 16.1 Å². The van der Waals surface area contributed by atoms with E-state index >= 15 is 0 Å². The maximum atomic E-state index is 12.7. The molecule has 7 heteroatoms. The lowest BCUT2D eigenvalue weighted by Gasteiger charge is -2.34. The zero-order chi connectivity index (χ0) is 15.6. The first-order chi connectivity index (χ1) is 11.3. The van der Waals surface area contributed by atoms with Gasteiger partial charge in [-0.1, -0.05) is 0 Å². The van der Waals surface area contributed by atoms with E-state index in [1.54, 1.807) is 35.4 Å². The number of rotatable bonds is 3. The first kappa shape index (κ1) is 14.0. The fourth-order valence-electron chi connectivity index (χ4n) is 2.88. The molecule has 0 N–H and O–H groups in total. The number of hydrogen-bond acceptors (Lipinski definition) is 5. The summed E-state index contributed by atoms with van der Waals surface area (Å²) in [6.45, 7) is 3.85. The van der Waals surface area contributed by atoms with Gasteiger partial charge in [-0.25, -0.2) is 9.50 Å². The number of fused-ring (bicyclic) bond motifs is 1. The van der Waals surface area contributed by atoms with Crippen LogP contribution in [0.15, 0.2) is 47.5 Å². The average molecular weight is 311 g/mol. The van der Waals surface area contributed by atoms with Gasteiger partial charge in [0.1, 0.15) is 11.3 Å². The van der Waals surface area contributed by atoms with Crippen molar-refractivity contribution in [2.24, 2.45) is 0 Å². The number of aromatic nitrogens is 3. The Labute approximate surface area is 133 Å². The van der Waals surface area contributed by atoms with Crippen LogP contribution in [0.4, 0.5) is 0 Å². The monoisotopic (exact) mass is 311 g/mol. The van der Waals surface area contributed by atoms with Crippen molar-refractivity contribution in [3.05, 3.63) is 54.4 Å². The molecule has 0 unspecified atom stereocenters. The van der Waals surface area contributed by atoms with Crippen LogP contribution in [0.5, 0.6) is 0 Å². The summed E-state index contributed by atoms with van der Waals surface area (Å²) in [4.78, 5) is 21.1. The van der Waals surface area contributed by atoms with Crippen molar-refractivity contribution in [3.63, 3.8) is 0 Å². The summed E-state index contributed by atoms with van der Waals surface area (Å²) in [6.07, 6.45) is 6.75. The van der Waals surface area contributed by atoms with Crippen molar-refractivity contribution in [3.8, 4) is 0 Å². The molecule has 118 valence electrons. The quantitative estimate of drug-likeness (QED) is 0.729. The zero-order valence-electron chi connectivity index (χ0n) is 12.6. The molecule has 1 fully saturated rings. The smallest absolute Gasteiger partial charge is 0.259 e. The second-order valence-corrected chi connectivity index (χ2v) is 5.59. The van der Waals surface area contributed by atoms with Gasteiger partial charge in [-0.3, -0.25) is 9.69 Å². The van der Waals surface area contributed by atoms with E-state index in [-0.39, 0.29) is 5.91 Å². The van der Waals surface area contributed by atoms with Crippen LogP contribution in [-0.2, 0) is 6.54 Å². The Morgan fingerprint density at radius 3 is 2.87 bits per heavy atom. The Morgan fingerprint density at radius 1 is 1.22 bits per heavy atom. The molecule has 0 bridgehead atoms. The minimum atomic E-state index is -0.00338. The molecule has 0 radical (unpaired) electrons. The van der Waals surface area contributed by atoms with E-state index in [9.17, 15) is 4.79 Å². The predicted molar refractivity (Wildman–Crippen MR) is 82.9 cm³/mol. The Bertz CT molecular complexity index is 803. The van der Waals surface area contributed by atoms with E-state index in [1.807, 2.05) is 17.0 Å². The van der Waals surface area contributed by atoms with E-state index in [0.29, 0.717) is 24.3 Å². The third-order valence-corrected chi connectivity index (χ3v) is 4.13. The van der Waals surface area contributed by atoms with Crippen molar-refractivity contribution in [2.45, 2.75) is 6.54 Å². The molecule has 0 spiro atoms. The van der Waals surface area contributed by atoms with Crippen LogP contribution in [0.2, 0.25) is 0 Å². The van der Waals surface area contributed by atoms with Gasteiger partial charge in [0.2, 0.25) is 0 Å². The number of piperazine rings is 1. The summed E-state index contributed by atoms with van der Waals surface area (Å²) in [5, 5.41) is 4.18. The van der Waals surface area contributed by atoms with Crippen molar-refractivity contribution in [2.75, 3.05) is 26.2 Å². The van der Waals surface area contributed by atoms with Crippen LogP contribution in [0, 0.1) is 0 Å². The Kier molecular flexibility index (Phi) is 3.55. The molecule has 0 aromatic carbocycles. The molecule has 1 saturated heterocycles. The Hall–Kier alpha value is -2.67. The molecule has 3 aromatic heterocycles. The van der Waals surface area contributed by atoms with Crippen LogP contribution >= 0.6 is 0 Å². The SMILES string of the molecule is O=C(c1cnn2cccnc12)N1CCN(Cc2ccco2)CC1. The van der Waals surface area contributed by atoms with Crippen LogP contribution in [0.3, 0.4) is 0 Å². The topological polar surface area (TPSA) is 66.9 Å². The summed E-state index contributed by atoms with van der Waals surface area (Å²) in [5.41, 5.74) is 1.17. The third-order valence-electron chi connectivity index (χ3n) is 4.13. The van der Waals surface area contributed by atoms with Gasteiger partial charge in [0.25, 0.3) is 5.91 Å². The van der Waals surface area contributed by atoms with E-state index in [0.717, 1.165) is 25.4 Å². The summed E-state index contributed by atoms with van der Waals surface area (Å²) in [7, 11) is 0. The van der Waals surface area contributed by atoms with E-state index in [4.69, 9.17) is 4.42 Å². The van der Waals surface area contributed by atoms with Crippen molar-refractivity contribution < 1.29 is 9.21 Å². The molecule has 7 nitrogen and oxygen atoms in total. The standard InChI is InChI=1S/C16H17N5O2/c22-16(14-11-18-21-5-2-4-17-15(14)21)20-8-6-19(7-9-20)12-13-3-1-10-23-13/h1-5,10-11H,6-9,12H2. The van der Waals surface area contributed by atoms with Gasteiger partial charge >= 0.3 is 0 Å². The predicted octanol–water partition coefficient (Wildman–Crippen LogP) is 1.28. The number of carbonyl (C=O) groups is 1. The lowest BCUT2D eigenvalue weighted by molar-refractivity contribution is 0.0622. The van der Waals surface area contributed by atoms with Gasteiger partial charge in [0.15, 0.2) is 5.65 Å². The number of furan rings is 1. The molecular formula is C16H17N5O2. The van der Waals surface area contributed by atoms with E-state index in [1.165, 1.54) is 0 Å². The fraction of sp³-hybridized carbons (Fsp3) is 0.312. The lowest BCUT2D eigenvalue weighted by Crippen LogP contribution is -2.48. The fourth-order valence-corrected chi connectivity index (χ4v) is 2.88. The number of hydrogen-bond donors (Lipinski definition) is 0. The Balaban J connectivity index is 1.43. The number of amides is 1. The maximum Gasteiger partial charge on any atom is 0.259 e. The number of carbonyl (C=O) groups excluding carboxylic acids is 1. The Morgan fingerprint density at radius 2 is 2.09 bits per heavy atom. The highest BCUT2D eigenvalue weighted by Gasteiger charge is 2.25. The molecule has 23 heavy (non-hydrogen) atoms. The molecule has 0 aliphatic carbocycles. The summed E-state index contributed by atoms with van der Waals surface area (Å²) in [6, 6.07) is 5.66. The average Bonchev–Trinajstić information content (AvgIpc) is 3.24. The van der Waals surface area contributed by atoms with Gasteiger partial charge in [0, 0.05) is 38.6 Å². The molecule has 4 heterocycles. The molecule has 4 rings (SSSR count). The van der Waals surface area contributed by atoms with Crippen molar-refractivity contribution in [1.29, 1.82) is 0 Å². The van der Waals surface area contributed by atoms with Crippen LogP contribution in [-0.4, -0.2) is 56.5 Å². The van der Waals surface area contributed by atoms with Gasteiger partial charge in [-0.05, 0) is 18.2 Å². The summed E-state index contributed by atoms with van der Waals surface area (Å²) < 4.78 is 7.00. The molecule has 3 aromatic rings. The molecular weight excluding hydrogens is 294 g/mol. The lowest BCUT2D eigenvalue weighted by atomic mass is 10.2. The number of nitrogens with zero attached hydrogens (tertiary/aromatic N) is 5. The highest BCUT2D eigenvalue weighted by molar-refractivity contribution is 5.99. The first-order valence-corrected chi connectivity index (χ1v) is 7.63. The van der Waals surface area contributed by atoms with Crippen LogP contribution in [0.25, 0.3) is 5.65 Å². The van der Waals surface area contributed by atoms with Gasteiger partial charge in [-0.15, -0.1) is 0 Å². The van der Waals surface area contributed by atoms with E-state index in [2.05, 4.69) is 15.0 Å². The molecule has 0 saturated carbocycles. The molecule has 0 atom stereocenters. The van der Waals surface area contributed by atoms with Gasteiger partial charge in [0.05, 0.1) is 19.0 Å². The van der Waals surface area contributed by atoms with E-state index < -0.39 is 0 Å². The highest BCUT2D eigenvalue weighted by Crippen LogP contribution is 2.14. The van der Waals surface area contributed by atoms with Crippen LogP contribution < -0.4 is 0 Å². The zero-order valence-corrected chi connectivity index (χ0v) is 12.6. The largest absolute Gasteiger partial charge is 0.468 e. The minimum Gasteiger partial charge on any atom is -0.468 e. The van der Waals surface area contributed by atoms with Gasteiger partial charge in [-0.2, -0.15) is 5.10 Å². The normalized spacial score (nSPS) is 16.1. The van der Waals surface area contributed by atoms with Gasteiger partial charge < -0.3 is 9.32 Å². The first-order valence-electron chi connectivity index (χ1n) is 7.63. The van der Waals surface area contributed by atoms with Crippen molar-refractivity contribution in [1.82, 2.24) is 24.4 Å². The summed E-state index contributed by atoms with van der Waals surface area (Å²) >= 11 is 0. The second-order valence-electron chi connectivity index (χ2n) is 5.59. The second kappa shape index (κ2) is 5.85. The third kappa shape index (κ3) is 2.70. The molecule has 1 aliphatic heterocycles. The highest BCUT2D eigenvalue weighted by atomic mass is 16.3. The summed E-state index contributed by atoms with van der Waals surface area (Å²) in [5.74, 6) is 0.952.